The molecule has 0 bridgehead atoms. The molecule has 2 rings (SSSR count). The molecule has 0 saturated heterocycles. The lowest BCUT2D eigenvalue weighted by Crippen LogP contribution is -2.17. The molecule has 0 aliphatic heterocycles. The van der Waals surface area contributed by atoms with Gasteiger partial charge in [0.25, 0.3) is 0 Å². The van der Waals surface area contributed by atoms with Gasteiger partial charge < -0.3 is 5.32 Å². The first-order valence-corrected chi connectivity index (χ1v) is 5.91. The monoisotopic (exact) mass is 248 g/mol. The van der Waals surface area contributed by atoms with Crippen LogP contribution < -0.4 is 5.32 Å². The second-order valence-corrected chi connectivity index (χ2v) is 4.30. The third-order valence-corrected chi connectivity index (χ3v) is 3.00. The largest absolute Gasteiger partial charge is 0.313 e. The minimum Gasteiger partial charge on any atom is -0.313 e. The van der Waals surface area contributed by atoms with Crippen LogP contribution in [0, 0.1) is 19.7 Å². The first kappa shape index (κ1) is 12.7. The number of benzene rings is 1. The molecule has 1 aromatic heterocycles. The van der Waals surface area contributed by atoms with Gasteiger partial charge in [-0.2, -0.15) is 5.10 Å². The van der Waals surface area contributed by atoms with E-state index in [0.717, 1.165) is 11.5 Å². The van der Waals surface area contributed by atoms with Crippen LogP contribution in [0.15, 0.2) is 18.2 Å². The number of nitrogens with one attached hydrogen (secondary N) is 1. The van der Waals surface area contributed by atoms with E-state index < -0.39 is 0 Å². The van der Waals surface area contributed by atoms with Crippen LogP contribution in [0.5, 0.6) is 0 Å². The topological polar surface area (TPSA) is 42.7 Å². The van der Waals surface area contributed by atoms with Gasteiger partial charge in [0.15, 0.2) is 0 Å². The zero-order chi connectivity index (χ0) is 13.3. The fraction of sp³-hybridized carbons (Fsp3) is 0.385. The van der Waals surface area contributed by atoms with E-state index >= 15 is 0 Å². The summed E-state index contributed by atoms with van der Waals surface area (Å²) in [4.78, 5) is 4.25. The second-order valence-electron chi connectivity index (χ2n) is 4.30. The number of aryl methyl sites for hydroxylation is 2. The van der Waals surface area contributed by atoms with Gasteiger partial charge >= 0.3 is 0 Å². The molecule has 18 heavy (non-hydrogen) atoms. The Labute approximate surface area is 106 Å². The molecular formula is C13H17FN4. The van der Waals surface area contributed by atoms with Gasteiger partial charge in [0, 0.05) is 11.6 Å². The third-order valence-electron chi connectivity index (χ3n) is 3.00. The Kier molecular flexibility index (Phi) is 3.43. The maximum atomic E-state index is 14.0. The van der Waals surface area contributed by atoms with Crippen LogP contribution in [-0.4, -0.2) is 21.8 Å². The molecule has 0 fully saturated rings. The Morgan fingerprint density at radius 1 is 1.33 bits per heavy atom. The molecule has 5 heteroatoms. The van der Waals surface area contributed by atoms with Crippen LogP contribution in [0.2, 0.25) is 0 Å². The standard InChI is InChI=1S/C13H17FN4/c1-8(15-4)13-11(14)6-5-7-12(13)18-10(3)16-9(2)17-18/h5-8,15H,1-4H3. The summed E-state index contributed by atoms with van der Waals surface area (Å²) in [6.45, 7) is 5.60. The van der Waals surface area contributed by atoms with Crippen LogP contribution >= 0.6 is 0 Å². The van der Waals surface area contributed by atoms with Crippen molar-refractivity contribution in [1.82, 2.24) is 20.1 Å². The average Bonchev–Trinajstić information content (AvgIpc) is 2.67. The Bertz CT molecular complexity index is 562. The molecule has 1 heterocycles. The highest BCUT2D eigenvalue weighted by molar-refractivity contribution is 5.43. The molecule has 0 amide bonds. The fourth-order valence-corrected chi connectivity index (χ4v) is 2.03. The van der Waals surface area contributed by atoms with Gasteiger partial charge in [-0.3, -0.25) is 0 Å². The van der Waals surface area contributed by atoms with Crippen LogP contribution in [0.1, 0.15) is 30.2 Å². The zero-order valence-corrected chi connectivity index (χ0v) is 11.0. The van der Waals surface area contributed by atoms with Crippen molar-refractivity contribution in [2.75, 3.05) is 7.05 Å². The summed E-state index contributed by atoms with van der Waals surface area (Å²) in [5.74, 6) is 1.20. The Balaban J connectivity index is 2.64. The quantitative estimate of drug-likeness (QED) is 0.906. The van der Waals surface area contributed by atoms with Gasteiger partial charge in [-0.1, -0.05) is 6.07 Å². The van der Waals surface area contributed by atoms with Crippen LogP contribution in [-0.2, 0) is 0 Å². The van der Waals surface area contributed by atoms with E-state index in [0.29, 0.717) is 11.4 Å². The molecule has 0 spiro atoms. The number of nitrogens with zero attached hydrogens (tertiary/aromatic N) is 3. The molecule has 96 valence electrons. The maximum absolute atomic E-state index is 14.0. The molecule has 0 aliphatic carbocycles. The van der Waals surface area contributed by atoms with E-state index in [4.69, 9.17) is 0 Å². The summed E-state index contributed by atoms with van der Waals surface area (Å²) in [7, 11) is 1.81. The molecule has 4 nitrogen and oxygen atoms in total. The van der Waals surface area contributed by atoms with Gasteiger partial charge in [-0.25, -0.2) is 14.1 Å². The Hall–Kier alpha value is -1.75. The summed E-state index contributed by atoms with van der Waals surface area (Å²) in [5.41, 5.74) is 1.34. The van der Waals surface area contributed by atoms with Gasteiger partial charge in [-0.15, -0.1) is 0 Å². The number of rotatable bonds is 3. The predicted octanol–water partition coefficient (Wildman–Crippen LogP) is 2.30. The molecule has 1 atom stereocenters. The molecule has 0 aliphatic rings. The number of hydrogen-bond donors (Lipinski definition) is 1. The number of hydrogen-bond acceptors (Lipinski definition) is 3. The number of halogens is 1. The van der Waals surface area contributed by atoms with Crippen molar-refractivity contribution in [2.24, 2.45) is 0 Å². The van der Waals surface area contributed by atoms with E-state index in [9.17, 15) is 4.39 Å². The normalized spacial score (nSPS) is 12.7. The van der Waals surface area contributed by atoms with E-state index in [1.54, 1.807) is 17.8 Å². The fourth-order valence-electron chi connectivity index (χ4n) is 2.03. The lowest BCUT2D eigenvalue weighted by molar-refractivity contribution is 0.556. The van der Waals surface area contributed by atoms with Crippen molar-refractivity contribution in [1.29, 1.82) is 0 Å². The smallest absolute Gasteiger partial charge is 0.148 e. The van der Waals surface area contributed by atoms with Crippen LogP contribution in [0.4, 0.5) is 4.39 Å². The van der Waals surface area contributed by atoms with Gasteiger partial charge in [0.05, 0.1) is 5.69 Å². The minimum atomic E-state index is -0.234. The van der Waals surface area contributed by atoms with E-state index in [2.05, 4.69) is 15.4 Å². The highest BCUT2D eigenvalue weighted by Crippen LogP contribution is 2.24. The summed E-state index contributed by atoms with van der Waals surface area (Å²) < 4.78 is 15.7. The Morgan fingerprint density at radius 3 is 2.61 bits per heavy atom. The third kappa shape index (κ3) is 2.13. The van der Waals surface area contributed by atoms with Crippen molar-refractivity contribution < 1.29 is 4.39 Å². The van der Waals surface area contributed by atoms with E-state index in [1.807, 2.05) is 26.8 Å². The van der Waals surface area contributed by atoms with Crippen molar-refractivity contribution >= 4 is 0 Å². The van der Waals surface area contributed by atoms with Crippen molar-refractivity contribution in [3.63, 3.8) is 0 Å². The lowest BCUT2D eigenvalue weighted by Gasteiger charge is -2.17. The first-order valence-electron chi connectivity index (χ1n) is 5.91. The average molecular weight is 248 g/mol. The van der Waals surface area contributed by atoms with Gasteiger partial charge in [0.2, 0.25) is 0 Å². The SMILES string of the molecule is CNC(C)c1c(F)cccc1-n1nc(C)nc1C. The minimum absolute atomic E-state index is 0.0925. The molecule has 2 aromatic rings. The molecule has 0 saturated carbocycles. The molecule has 0 radical (unpaired) electrons. The van der Waals surface area contributed by atoms with Gasteiger partial charge in [0.1, 0.15) is 17.5 Å². The second kappa shape index (κ2) is 4.86. The molecule has 1 unspecified atom stereocenters. The highest BCUT2D eigenvalue weighted by Gasteiger charge is 2.17. The zero-order valence-electron chi connectivity index (χ0n) is 11.0. The summed E-state index contributed by atoms with van der Waals surface area (Å²) in [5, 5.41) is 7.37. The van der Waals surface area contributed by atoms with Crippen molar-refractivity contribution in [3.05, 3.63) is 41.2 Å². The predicted molar refractivity (Wildman–Crippen MR) is 68.3 cm³/mol. The van der Waals surface area contributed by atoms with Gasteiger partial charge in [-0.05, 0) is 40.0 Å². The van der Waals surface area contributed by atoms with Crippen molar-refractivity contribution in [3.8, 4) is 5.69 Å². The molecule has 1 aromatic carbocycles. The summed E-state index contributed by atoms with van der Waals surface area (Å²) in [6.07, 6.45) is 0. The lowest BCUT2D eigenvalue weighted by atomic mass is 10.1. The summed E-state index contributed by atoms with van der Waals surface area (Å²) in [6, 6.07) is 4.91. The van der Waals surface area contributed by atoms with Crippen molar-refractivity contribution in [2.45, 2.75) is 26.8 Å². The summed E-state index contributed by atoms with van der Waals surface area (Å²) >= 11 is 0. The van der Waals surface area contributed by atoms with E-state index in [1.165, 1.54) is 6.07 Å². The van der Waals surface area contributed by atoms with E-state index in [-0.39, 0.29) is 11.9 Å². The highest BCUT2D eigenvalue weighted by atomic mass is 19.1. The maximum Gasteiger partial charge on any atom is 0.148 e. The Morgan fingerprint density at radius 2 is 2.06 bits per heavy atom. The number of aromatic nitrogens is 3. The van der Waals surface area contributed by atoms with Crippen LogP contribution in [0.25, 0.3) is 5.69 Å². The molecular weight excluding hydrogens is 231 g/mol. The van der Waals surface area contributed by atoms with Crippen LogP contribution in [0.3, 0.4) is 0 Å². The first-order chi connectivity index (χ1) is 8.54. The molecule has 1 N–H and O–H groups in total.